The first-order valence-corrected chi connectivity index (χ1v) is 8.23. The number of hydrogen-bond donors (Lipinski definition) is 0. The van der Waals surface area contributed by atoms with Crippen LogP contribution in [0.25, 0.3) is 0 Å². The number of ketones is 1. The molecule has 1 heterocycles. The summed E-state index contributed by atoms with van der Waals surface area (Å²) >= 11 is 12.3. The monoisotopic (exact) mass is 364 g/mol. The molecule has 0 aliphatic carbocycles. The third kappa shape index (κ3) is 3.04. The molecule has 6 heteroatoms. The van der Waals surface area contributed by atoms with E-state index in [0.29, 0.717) is 21.4 Å². The van der Waals surface area contributed by atoms with Crippen LogP contribution in [0.3, 0.4) is 0 Å². The standard InChI is InChI=1S/C18H15Cl2FN2O/c1-10-17(11(2)24)22-23(16-8-5-13(19)9-15(16)20)18(10)12-3-6-14(21)7-4-12/h3-10,18H,1-2H3/t10-,18+/m0/s1. The molecule has 1 aliphatic rings. The maximum absolute atomic E-state index is 13.3. The second-order valence-corrected chi connectivity index (χ2v) is 6.61. The van der Waals surface area contributed by atoms with Gasteiger partial charge < -0.3 is 0 Å². The number of hydrogen-bond acceptors (Lipinski definition) is 3. The van der Waals surface area contributed by atoms with Gasteiger partial charge in [-0.3, -0.25) is 9.80 Å². The van der Waals surface area contributed by atoms with Crippen LogP contribution in [0, 0.1) is 11.7 Å². The fraction of sp³-hybridized carbons (Fsp3) is 0.222. The number of carbonyl (C=O) groups is 1. The number of carbonyl (C=O) groups excluding carboxylic acids is 1. The smallest absolute Gasteiger partial charge is 0.176 e. The molecule has 0 aromatic heterocycles. The Morgan fingerprint density at radius 2 is 1.83 bits per heavy atom. The molecule has 0 saturated heterocycles. The lowest BCUT2D eigenvalue weighted by atomic mass is 9.90. The van der Waals surface area contributed by atoms with E-state index in [2.05, 4.69) is 5.10 Å². The first-order chi connectivity index (χ1) is 11.4. The maximum Gasteiger partial charge on any atom is 0.176 e. The minimum Gasteiger partial charge on any atom is -0.293 e. The van der Waals surface area contributed by atoms with Gasteiger partial charge in [-0.15, -0.1) is 0 Å². The maximum atomic E-state index is 13.3. The van der Waals surface area contributed by atoms with E-state index < -0.39 is 0 Å². The molecule has 0 unspecified atom stereocenters. The molecule has 0 spiro atoms. The van der Waals surface area contributed by atoms with Gasteiger partial charge in [-0.05, 0) is 35.9 Å². The van der Waals surface area contributed by atoms with Crippen LogP contribution in [-0.2, 0) is 4.79 Å². The summed E-state index contributed by atoms with van der Waals surface area (Å²) in [4.78, 5) is 11.9. The molecule has 24 heavy (non-hydrogen) atoms. The number of nitrogens with zero attached hydrogens (tertiary/aromatic N) is 2. The van der Waals surface area contributed by atoms with Gasteiger partial charge in [0, 0.05) is 17.9 Å². The Hall–Kier alpha value is -1.91. The van der Waals surface area contributed by atoms with Gasteiger partial charge in [0.05, 0.1) is 16.8 Å². The summed E-state index contributed by atoms with van der Waals surface area (Å²) in [5, 5.41) is 7.16. The summed E-state index contributed by atoms with van der Waals surface area (Å²) in [5.74, 6) is -0.560. The summed E-state index contributed by atoms with van der Waals surface area (Å²) < 4.78 is 13.3. The van der Waals surface area contributed by atoms with Gasteiger partial charge >= 0.3 is 0 Å². The molecule has 3 nitrogen and oxygen atoms in total. The summed E-state index contributed by atoms with van der Waals surface area (Å²) in [7, 11) is 0. The highest BCUT2D eigenvalue weighted by molar-refractivity contribution is 6.41. The molecule has 0 fully saturated rings. The van der Waals surface area contributed by atoms with Gasteiger partial charge in [-0.2, -0.15) is 5.10 Å². The molecular weight excluding hydrogens is 350 g/mol. The summed E-state index contributed by atoms with van der Waals surface area (Å²) in [5.41, 5.74) is 1.98. The molecule has 0 amide bonds. The fourth-order valence-electron chi connectivity index (χ4n) is 2.98. The quantitative estimate of drug-likeness (QED) is 0.742. The highest BCUT2D eigenvalue weighted by Gasteiger charge is 2.38. The zero-order valence-electron chi connectivity index (χ0n) is 13.1. The zero-order valence-corrected chi connectivity index (χ0v) is 14.6. The van der Waals surface area contributed by atoms with E-state index >= 15 is 0 Å². The molecule has 1 aliphatic heterocycles. The Morgan fingerprint density at radius 1 is 1.17 bits per heavy atom. The van der Waals surface area contributed by atoms with Crippen molar-refractivity contribution >= 4 is 40.4 Å². The highest BCUT2D eigenvalue weighted by Crippen LogP contribution is 2.42. The van der Waals surface area contributed by atoms with E-state index in [4.69, 9.17) is 23.2 Å². The molecular formula is C18H15Cl2FN2O. The van der Waals surface area contributed by atoms with Crippen LogP contribution >= 0.6 is 23.2 Å². The predicted molar refractivity (Wildman–Crippen MR) is 95.4 cm³/mol. The van der Waals surface area contributed by atoms with Gasteiger partial charge in [0.25, 0.3) is 0 Å². The van der Waals surface area contributed by atoms with Crippen molar-refractivity contribution in [1.82, 2.24) is 0 Å². The van der Waals surface area contributed by atoms with Crippen molar-refractivity contribution in [2.45, 2.75) is 19.9 Å². The van der Waals surface area contributed by atoms with E-state index in [0.717, 1.165) is 5.56 Å². The molecule has 0 bridgehead atoms. The number of halogens is 3. The number of rotatable bonds is 3. The van der Waals surface area contributed by atoms with Crippen molar-refractivity contribution in [3.63, 3.8) is 0 Å². The number of anilines is 1. The molecule has 2 atom stereocenters. The Bertz CT molecular complexity index is 820. The second kappa shape index (κ2) is 6.54. The minimum absolute atomic E-state index is 0.0952. The van der Waals surface area contributed by atoms with Crippen LogP contribution in [0.2, 0.25) is 10.0 Å². The van der Waals surface area contributed by atoms with Gasteiger partial charge in [0.1, 0.15) is 11.5 Å². The van der Waals surface area contributed by atoms with E-state index in [9.17, 15) is 9.18 Å². The molecule has 0 radical (unpaired) electrons. The van der Waals surface area contributed by atoms with Crippen molar-refractivity contribution in [1.29, 1.82) is 0 Å². The summed E-state index contributed by atoms with van der Waals surface area (Å²) in [6.07, 6.45) is 0. The Kier molecular flexibility index (Phi) is 4.61. The number of benzene rings is 2. The third-order valence-corrected chi connectivity index (χ3v) is 4.65. The number of hydrazone groups is 1. The van der Waals surface area contributed by atoms with Crippen LogP contribution in [0.1, 0.15) is 25.5 Å². The molecule has 2 aromatic carbocycles. The average molecular weight is 365 g/mol. The topological polar surface area (TPSA) is 32.7 Å². The van der Waals surface area contributed by atoms with Crippen molar-refractivity contribution in [3.8, 4) is 0 Å². The van der Waals surface area contributed by atoms with Crippen molar-refractivity contribution < 1.29 is 9.18 Å². The lowest BCUT2D eigenvalue weighted by molar-refractivity contribution is -0.111. The lowest BCUT2D eigenvalue weighted by Crippen LogP contribution is -2.25. The lowest BCUT2D eigenvalue weighted by Gasteiger charge is -2.27. The van der Waals surface area contributed by atoms with Crippen LogP contribution in [0.4, 0.5) is 10.1 Å². The van der Waals surface area contributed by atoms with Crippen molar-refractivity contribution in [2.75, 3.05) is 5.01 Å². The van der Waals surface area contributed by atoms with Gasteiger partial charge in [0.2, 0.25) is 0 Å². The van der Waals surface area contributed by atoms with Crippen molar-refractivity contribution in [2.24, 2.45) is 11.0 Å². The SMILES string of the molecule is CC(=O)C1=NN(c2ccc(Cl)cc2Cl)[C@@H](c2ccc(F)cc2)[C@H]1C. The van der Waals surface area contributed by atoms with E-state index in [-0.39, 0.29) is 23.6 Å². The molecule has 0 N–H and O–H groups in total. The van der Waals surface area contributed by atoms with Gasteiger partial charge in [-0.1, -0.05) is 42.3 Å². The van der Waals surface area contributed by atoms with Crippen LogP contribution in [-0.4, -0.2) is 11.5 Å². The van der Waals surface area contributed by atoms with E-state index in [1.54, 1.807) is 35.3 Å². The van der Waals surface area contributed by atoms with Gasteiger partial charge in [-0.25, -0.2) is 4.39 Å². The Labute approximate surface area is 149 Å². The molecule has 124 valence electrons. The highest BCUT2D eigenvalue weighted by atomic mass is 35.5. The first kappa shape index (κ1) is 16.9. The molecule has 2 aromatic rings. The Morgan fingerprint density at radius 3 is 2.42 bits per heavy atom. The third-order valence-electron chi connectivity index (χ3n) is 4.11. The molecule has 0 saturated carbocycles. The summed E-state index contributed by atoms with van der Waals surface area (Å²) in [6, 6.07) is 11.1. The van der Waals surface area contributed by atoms with Crippen LogP contribution in [0.5, 0.6) is 0 Å². The fourth-order valence-corrected chi connectivity index (χ4v) is 3.48. The van der Waals surface area contributed by atoms with Crippen LogP contribution < -0.4 is 5.01 Å². The predicted octanol–water partition coefficient (Wildman–Crippen LogP) is 5.27. The first-order valence-electron chi connectivity index (χ1n) is 7.47. The zero-order chi connectivity index (χ0) is 17.4. The molecule has 3 rings (SSSR count). The Balaban J connectivity index is 2.11. The number of Topliss-reactive ketones (excluding diaryl/α,β-unsaturated/α-hetero) is 1. The van der Waals surface area contributed by atoms with Crippen LogP contribution in [0.15, 0.2) is 47.6 Å². The second-order valence-electron chi connectivity index (χ2n) is 5.77. The minimum atomic E-state index is -0.312. The van der Waals surface area contributed by atoms with E-state index in [1.807, 2.05) is 6.92 Å². The summed E-state index contributed by atoms with van der Waals surface area (Å²) in [6.45, 7) is 3.42. The largest absolute Gasteiger partial charge is 0.293 e. The van der Waals surface area contributed by atoms with Crippen molar-refractivity contribution in [3.05, 3.63) is 63.9 Å². The normalized spacial score (nSPS) is 20.2. The average Bonchev–Trinajstić information content (AvgIpc) is 2.86. The van der Waals surface area contributed by atoms with E-state index in [1.165, 1.54) is 19.1 Å². The van der Waals surface area contributed by atoms with Gasteiger partial charge in [0.15, 0.2) is 5.78 Å².